The van der Waals surface area contributed by atoms with Crippen LogP contribution >= 0.6 is 0 Å². The van der Waals surface area contributed by atoms with Gasteiger partial charge in [0.05, 0.1) is 12.1 Å². The first-order chi connectivity index (χ1) is 14.0. The van der Waals surface area contributed by atoms with Crippen molar-refractivity contribution in [3.63, 3.8) is 0 Å². The van der Waals surface area contributed by atoms with Gasteiger partial charge in [-0.15, -0.1) is 0 Å². The average Bonchev–Trinajstić information content (AvgIpc) is 3.28. The van der Waals surface area contributed by atoms with E-state index in [4.69, 9.17) is 4.42 Å². The minimum Gasteiger partial charge on any atom is -0.438 e. The summed E-state index contributed by atoms with van der Waals surface area (Å²) >= 11 is 0. The molecule has 0 aliphatic carbocycles. The summed E-state index contributed by atoms with van der Waals surface area (Å²) in [6.07, 6.45) is 4.30. The molecule has 0 saturated carbocycles. The number of carbonyl (C=O) groups excluding carboxylic acids is 2. The molecule has 3 aromatic rings. The maximum Gasteiger partial charge on any atom is 0.295 e. The van der Waals surface area contributed by atoms with Crippen molar-refractivity contribution in [2.24, 2.45) is 0 Å². The highest BCUT2D eigenvalue weighted by molar-refractivity contribution is 6.04. The SMILES string of the molecule is CC(C(=O)Nc1ccc(F)cc1)c1ccc2c(c1)CCCN2C(=O)c1cnco1. The number of rotatable bonds is 4. The lowest BCUT2D eigenvalue weighted by molar-refractivity contribution is -0.117. The van der Waals surface area contributed by atoms with E-state index in [1.54, 1.807) is 4.90 Å². The number of amides is 2. The van der Waals surface area contributed by atoms with E-state index in [0.29, 0.717) is 12.2 Å². The lowest BCUT2D eigenvalue weighted by Gasteiger charge is -2.29. The number of hydrogen-bond acceptors (Lipinski definition) is 4. The molecule has 1 aliphatic rings. The number of hydrogen-bond donors (Lipinski definition) is 1. The molecule has 1 aromatic heterocycles. The largest absolute Gasteiger partial charge is 0.438 e. The second-order valence-corrected chi connectivity index (χ2v) is 7.03. The van der Waals surface area contributed by atoms with Crippen LogP contribution in [0.25, 0.3) is 0 Å². The summed E-state index contributed by atoms with van der Waals surface area (Å²) in [5.74, 6) is -0.949. The first-order valence-electron chi connectivity index (χ1n) is 9.42. The predicted octanol–water partition coefficient (Wildman–Crippen LogP) is 4.15. The number of oxazole rings is 1. The van der Waals surface area contributed by atoms with Crippen molar-refractivity contribution in [2.75, 3.05) is 16.8 Å². The molecule has 0 radical (unpaired) electrons. The second kappa shape index (κ2) is 7.87. The minimum atomic E-state index is -0.397. The Hall–Kier alpha value is -3.48. The summed E-state index contributed by atoms with van der Waals surface area (Å²) in [4.78, 5) is 30.8. The monoisotopic (exact) mass is 393 g/mol. The Kier molecular flexibility index (Phi) is 5.12. The van der Waals surface area contributed by atoms with E-state index in [9.17, 15) is 14.0 Å². The van der Waals surface area contributed by atoms with Gasteiger partial charge in [0.2, 0.25) is 11.7 Å². The molecule has 1 aliphatic heterocycles. The van der Waals surface area contributed by atoms with Crippen molar-refractivity contribution in [1.82, 2.24) is 4.98 Å². The summed E-state index contributed by atoms with van der Waals surface area (Å²) in [5.41, 5.74) is 3.25. The molecule has 4 rings (SSSR count). The van der Waals surface area contributed by atoms with Gasteiger partial charge in [-0.2, -0.15) is 0 Å². The molecule has 7 heteroatoms. The van der Waals surface area contributed by atoms with Crippen LogP contribution in [0.3, 0.4) is 0 Å². The van der Waals surface area contributed by atoms with Gasteiger partial charge in [0, 0.05) is 17.9 Å². The first kappa shape index (κ1) is 18.9. The van der Waals surface area contributed by atoms with Gasteiger partial charge in [-0.3, -0.25) is 9.59 Å². The third-order valence-electron chi connectivity index (χ3n) is 5.12. The summed E-state index contributed by atoms with van der Waals surface area (Å²) in [5, 5.41) is 2.80. The number of benzene rings is 2. The van der Waals surface area contributed by atoms with Gasteiger partial charge in [0.15, 0.2) is 6.39 Å². The van der Waals surface area contributed by atoms with Gasteiger partial charge in [-0.1, -0.05) is 12.1 Å². The van der Waals surface area contributed by atoms with E-state index in [1.165, 1.54) is 36.9 Å². The lowest BCUT2D eigenvalue weighted by Crippen LogP contribution is -2.35. The Morgan fingerprint density at radius 3 is 2.72 bits per heavy atom. The van der Waals surface area contributed by atoms with Crippen LogP contribution in [0.5, 0.6) is 0 Å². The van der Waals surface area contributed by atoms with Crippen molar-refractivity contribution in [3.05, 3.63) is 77.8 Å². The third kappa shape index (κ3) is 3.89. The van der Waals surface area contributed by atoms with Crippen LogP contribution in [0.15, 0.2) is 59.5 Å². The fourth-order valence-corrected chi connectivity index (χ4v) is 3.49. The molecule has 0 saturated heterocycles. The molecule has 1 unspecified atom stereocenters. The summed E-state index contributed by atoms with van der Waals surface area (Å²) in [6.45, 7) is 2.42. The van der Waals surface area contributed by atoms with Crippen LogP contribution in [-0.2, 0) is 11.2 Å². The van der Waals surface area contributed by atoms with Crippen molar-refractivity contribution in [3.8, 4) is 0 Å². The van der Waals surface area contributed by atoms with E-state index in [0.717, 1.165) is 29.7 Å². The van der Waals surface area contributed by atoms with Gasteiger partial charge in [-0.25, -0.2) is 9.37 Å². The molecule has 6 nitrogen and oxygen atoms in total. The number of aryl methyl sites for hydroxylation is 1. The normalized spacial score (nSPS) is 14.2. The lowest BCUT2D eigenvalue weighted by atomic mass is 9.93. The highest BCUT2D eigenvalue weighted by Gasteiger charge is 2.26. The van der Waals surface area contributed by atoms with Crippen molar-refractivity contribution in [1.29, 1.82) is 0 Å². The third-order valence-corrected chi connectivity index (χ3v) is 5.12. The van der Waals surface area contributed by atoms with E-state index in [1.807, 2.05) is 25.1 Å². The van der Waals surface area contributed by atoms with E-state index >= 15 is 0 Å². The fraction of sp³-hybridized carbons (Fsp3) is 0.227. The number of aromatic nitrogens is 1. The van der Waals surface area contributed by atoms with E-state index < -0.39 is 5.92 Å². The van der Waals surface area contributed by atoms with Crippen LogP contribution in [0.2, 0.25) is 0 Å². The van der Waals surface area contributed by atoms with Gasteiger partial charge in [0.1, 0.15) is 5.82 Å². The van der Waals surface area contributed by atoms with Crippen LogP contribution in [0, 0.1) is 5.82 Å². The topological polar surface area (TPSA) is 75.4 Å². The molecule has 1 atom stereocenters. The molecule has 148 valence electrons. The van der Waals surface area contributed by atoms with Crippen molar-refractivity contribution in [2.45, 2.75) is 25.7 Å². The Balaban J connectivity index is 1.53. The Morgan fingerprint density at radius 1 is 1.21 bits per heavy atom. The van der Waals surface area contributed by atoms with Crippen molar-refractivity contribution >= 4 is 23.2 Å². The zero-order chi connectivity index (χ0) is 20.4. The average molecular weight is 393 g/mol. The standard InChI is InChI=1S/C22H20FN3O3/c1-14(21(27)25-18-7-5-17(23)6-8-18)15-4-9-19-16(11-15)3-2-10-26(19)22(28)20-12-24-13-29-20/h4-9,11-14H,2-3,10H2,1H3,(H,25,27). The molecular weight excluding hydrogens is 373 g/mol. The molecular formula is C22H20FN3O3. The van der Waals surface area contributed by atoms with Gasteiger partial charge in [0.25, 0.3) is 5.91 Å². The molecule has 0 fully saturated rings. The Bertz CT molecular complexity index is 1030. The molecule has 2 heterocycles. The number of carbonyl (C=O) groups is 2. The minimum absolute atomic E-state index is 0.179. The highest BCUT2D eigenvalue weighted by atomic mass is 19.1. The van der Waals surface area contributed by atoms with Crippen LogP contribution in [0.4, 0.5) is 15.8 Å². The first-order valence-corrected chi connectivity index (χ1v) is 9.42. The maximum atomic E-state index is 13.0. The Morgan fingerprint density at radius 2 is 2.00 bits per heavy atom. The molecule has 0 bridgehead atoms. The zero-order valence-electron chi connectivity index (χ0n) is 15.9. The summed E-state index contributed by atoms with van der Waals surface area (Å²) in [6, 6.07) is 11.4. The number of halogens is 1. The second-order valence-electron chi connectivity index (χ2n) is 7.03. The highest BCUT2D eigenvalue weighted by Crippen LogP contribution is 2.31. The van der Waals surface area contributed by atoms with E-state index in [-0.39, 0.29) is 23.4 Å². The molecule has 1 N–H and O–H groups in total. The Labute approximate surface area is 167 Å². The molecule has 29 heavy (non-hydrogen) atoms. The summed E-state index contributed by atoms with van der Waals surface area (Å²) in [7, 11) is 0. The smallest absolute Gasteiger partial charge is 0.295 e. The number of anilines is 2. The molecule has 0 spiro atoms. The maximum absolute atomic E-state index is 13.0. The number of fused-ring (bicyclic) bond motifs is 1. The van der Waals surface area contributed by atoms with Crippen LogP contribution < -0.4 is 10.2 Å². The van der Waals surface area contributed by atoms with Crippen LogP contribution in [-0.4, -0.2) is 23.3 Å². The number of nitrogens with one attached hydrogen (secondary N) is 1. The quantitative estimate of drug-likeness (QED) is 0.723. The van der Waals surface area contributed by atoms with E-state index in [2.05, 4.69) is 10.3 Å². The van der Waals surface area contributed by atoms with Gasteiger partial charge in [-0.05, 0) is 61.2 Å². The number of nitrogens with zero attached hydrogens (tertiary/aromatic N) is 2. The summed E-state index contributed by atoms with van der Waals surface area (Å²) < 4.78 is 18.2. The van der Waals surface area contributed by atoms with Gasteiger partial charge < -0.3 is 14.6 Å². The van der Waals surface area contributed by atoms with Crippen LogP contribution in [0.1, 0.15) is 40.9 Å². The molecule has 2 amide bonds. The zero-order valence-corrected chi connectivity index (χ0v) is 15.9. The molecule has 2 aromatic carbocycles. The van der Waals surface area contributed by atoms with Gasteiger partial charge >= 0.3 is 0 Å². The predicted molar refractivity (Wildman–Crippen MR) is 106 cm³/mol. The van der Waals surface area contributed by atoms with Crippen molar-refractivity contribution < 1.29 is 18.4 Å². The fourth-order valence-electron chi connectivity index (χ4n) is 3.49.